The molecule has 0 aliphatic heterocycles. The summed E-state index contributed by atoms with van der Waals surface area (Å²) in [4.78, 5) is 8.77. The summed E-state index contributed by atoms with van der Waals surface area (Å²) in [6.07, 6.45) is 0. The van der Waals surface area contributed by atoms with E-state index in [1.54, 1.807) is 7.05 Å². The molecule has 0 saturated carbocycles. The van der Waals surface area contributed by atoms with E-state index >= 15 is 0 Å². The summed E-state index contributed by atoms with van der Waals surface area (Å²) in [6, 6.07) is 8.59. The number of nitrogens with zero attached hydrogens (tertiary/aromatic N) is 3. The van der Waals surface area contributed by atoms with Crippen LogP contribution in [0.4, 0.5) is 0 Å². The van der Waals surface area contributed by atoms with Crippen LogP contribution in [0, 0.1) is 6.92 Å². The summed E-state index contributed by atoms with van der Waals surface area (Å²) < 4.78 is 2.23. The molecule has 2 rings (SSSR count). The van der Waals surface area contributed by atoms with Crippen molar-refractivity contribution in [3.8, 4) is 0 Å². The highest BCUT2D eigenvalue weighted by Crippen LogP contribution is 2.14. The number of benzene rings is 1. The molecule has 1 heterocycles. The average Bonchev–Trinajstić information content (AvgIpc) is 2.73. The van der Waals surface area contributed by atoms with Crippen molar-refractivity contribution in [2.45, 2.75) is 33.4 Å². The zero-order chi connectivity index (χ0) is 14.5. The Bertz CT molecular complexity index is 603. The Balaban J connectivity index is 0.00000220. The molecule has 0 saturated heterocycles. The number of nitrogens with one attached hydrogen (secondary N) is 2. The average molecular weight is 401 g/mol. The molecule has 2 N–H and O–H groups in total. The van der Waals surface area contributed by atoms with Gasteiger partial charge in [-0.3, -0.25) is 4.99 Å². The van der Waals surface area contributed by atoms with Crippen LogP contribution in [-0.4, -0.2) is 35.1 Å². The Morgan fingerprint density at radius 2 is 2.05 bits per heavy atom. The first-order valence-corrected chi connectivity index (χ1v) is 7.01. The quantitative estimate of drug-likeness (QED) is 0.471. The molecule has 6 heteroatoms. The third-order valence-electron chi connectivity index (χ3n) is 3.12. The summed E-state index contributed by atoms with van der Waals surface area (Å²) >= 11 is 0. The molecule has 2 aromatic rings. The predicted octanol–water partition coefficient (Wildman–Crippen LogP) is 2.54. The van der Waals surface area contributed by atoms with Gasteiger partial charge in [0.2, 0.25) is 0 Å². The van der Waals surface area contributed by atoms with E-state index < -0.39 is 0 Å². The first-order chi connectivity index (χ1) is 9.61. The van der Waals surface area contributed by atoms with Gasteiger partial charge in [-0.25, -0.2) is 4.98 Å². The maximum absolute atomic E-state index is 4.57. The Morgan fingerprint density at radius 1 is 1.33 bits per heavy atom. The van der Waals surface area contributed by atoms with E-state index in [-0.39, 0.29) is 24.0 Å². The third-order valence-corrected chi connectivity index (χ3v) is 3.12. The number of halogens is 1. The molecule has 5 nitrogen and oxygen atoms in total. The van der Waals surface area contributed by atoms with Crippen molar-refractivity contribution in [3.63, 3.8) is 0 Å². The van der Waals surface area contributed by atoms with E-state index in [4.69, 9.17) is 0 Å². The van der Waals surface area contributed by atoms with Crippen LogP contribution in [0.25, 0.3) is 11.0 Å². The number of aliphatic imine (C=N–C) groups is 1. The number of hydrogen-bond donors (Lipinski definition) is 2. The highest BCUT2D eigenvalue weighted by Gasteiger charge is 2.06. The van der Waals surface area contributed by atoms with Gasteiger partial charge in [0.15, 0.2) is 5.96 Å². The van der Waals surface area contributed by atoms with Crippen molar-refractivity contribution in [2.24, 2.45) is 4.99 Å². The molecule has 0 bridgehead atoms. The van der Waals surface area contributed by atoms with Gasteiger partial charge in [0.05, 0.1) is 11.0 Å². The number of guanidine groups is 1. The topological polar surface area (TPSA) is 54.2 Å². The van der Waals surface area contributed by atoms with Gasteiger partial charge >= 0.3 is 0 Å². The fraction of sp³-hybridized carbons (Fsp3) is 0.467. The number of hydrogen-bond acceptors (Lipinski definition) is 2. The molecule has 0 fully saturated rings. The van der Waals surface area contributed by atoms with Crippen LogP contribution in [0.15, 0.2) is 29.3 Å². The van der Waals surface area contributed by atoms with Gasteiger partial charge in [0.25, 0.3) is 0 Å². The van der Waals surface area contributed by atoms with E-state index in [1.165, 1.54) is 5.52 Å². The van der Waals surface area contributed by atoms with Crippen molar-refractivity contribution in [2.75, 3.05) is 13.6 Å². The standard InChI is InChI=1S/C15H23N5.HI/c1-11(2)18-15(16-4)17-9-10-20-12(3)19-13-7-5-6-8-14(13)20;/h5-8,11H,9-10H2,1-4H3,(H2,16,17,18);1H. The Labute approximate surface area is 143 Å². The fourth-order valence-electron chi connectivity index (χ4n) is 2.23. The molecule has 0 unspecified atom stereocenters. The maximum atomic E-state index is 4.57. The van der Waals surface area contributed by atoms with Crippen LogP contribution >= 0.6 is 24.0 Å². The first kappa shape index (κ1) is 17.7. The Morgan fingerprint density at radius 3 is 2.71 bits per heavy atom. The highest BCUT2D eigenvalue weighted by atomic mass is 127. The number of para-hydroxylation sites is 2. The summed E-state index contributed by atoms with van der Waals surface area (Å²) in [7, 11) is 1.79. The lowest BCUT2D eigenvalue weighted by molar-refractivity contribution is 0.644. The molecule has 1 aromatic heterocycles. The fourth-order valence-corrected chi connectivity index (χ4v) is 2.23. The molecular formula is C15H24IN5. The highest BCUT2D eigenvalue weighted by molar-refractivity contribution is 14.0. The van der Waals surface area contributed by atoms with Gasteiger partial charge in [-0.05, 0) is 32.9 Å². The number of fused-ring (bicyclic) bond motifs is 1. The minimum atomic E-state index is 0. The van der Waals surface area contributed by atoms with Crippen LogP contribution in [0.1, 0.15) is 19.7 Å². The summed E-state index contributed by atoms with van der Waals surface area (Å²) in [5.74, 6) is 1.88. The normalized spacial score (nSPS) is 11.6. The summed E-state index contributed by atoms with van der Waals surface area (Å²) in [5, 5.41) is 6.60. The molecule has 0 aliphatic rings. The minimum Gasteiger partial charge on any atom is -0.355 e. The van der Waals surface area contributed by atoms with Crippen LogP contribution in [0.3, 0.4) is 0 Å². The van der Waals surface area contributed by atoms with E-state index in [0.717, 1.165) is 30.4 Å². The van der Waals surface area contributed by atoms with Gasteiger partial charge < -0.3 is 15.2 Å². The second kappa shape index (κ2) is 8.21. The van der Waals surface area contributed by atoms with Crippen LogP contribution < -0.4 is 10.6 Å². The van der Waals surface area contributed by atoms with Crippen molar-refractivity contribution >= 4 is 41.0 Å². The number of aromatic nitrogens is 2. The van der Waals surface area contributed by atoms with Crippen molar-refractivity contribution < 1.29 is 0 Å². The van der Waals surface area contributed by atoms with Crippen LogP contribution in [0.5, 0.6) is 0 Å². The molecule has 0 amide bonds. The van der Waals surface area contributed by atoms with Gasteiger partial charge in [-0.1, -0.05) is 12.1 Å². The third kappa shape index (κ3) is 4.59. The second-order valence-electron chi connectivity index (χ2n) is 5.10. The van der Waals surface area contributed by atoms with E-state index in [0.29, 0.717) is 6.04 Å². The number of aryl methyl sites for hydroxylation is 1. The van der Waals surface area contributed by atoms with E-state index in [1.807, 2.05) is 25.1 Å². The van der Waals surface area contributed by atoms with E-state index in [2.05, 4.69) is 45.1 Å². The predicted molar refractivity (Wildman–Crippen MR) is 99.5 cm³/mol. The monoisotopic (exact) mass is 401 g/mol. The molecule has 1 aromatic carbocycles. The van der Waals surface area contributed by atoms with Crippen molar-refractivity contribution in [1.29, 1.82) is 0 Å². The molecule has 0 spiro atoms. The van der Waals surface area contributed by atoms with Crippen LogP contribution in [0.2, 0.25) is 0 Å². The molecule has 21 heavy (non-hydrogen) atoms. The minimum absolute atomic E-state index is 0. The van der Waals surface area contributed by atoms with Gasteiger partial charge in [-0.2, -0.15) is 0 Å². The van der Waals surface area contributed by atoms with Crippen LogP contribution in [-0.2, 0) is 6.54 Å². The van der Waals surface area contributed by atoms with Crippen molar-refractivity contribution in [3.05, 3.63) is 30.1 Å². The number of rotatable bonds is 4. The smallest absolute Gasteiger partial charge is 0.191 e. The molecule has 0 radical (unpaired) electrons. The largest absolute Gasteiger partial charge is 0.355 e. The van der Waals surface area contributed by atoms with Crippen molar-refractivity contribution in [1.82, 2.24) is 20.2 Å². The zero-order valence-electron chi connectivity index (χ0n) is 13.1. The van der Waals surface area contributed by atoms with Gasteiger partial charge in [0.1, 0.15) is 5.82 Å². The summed E-state index contributed by atoms with van der Waals surface area (Å²) in [6.45, 7) is 7.92. The SMILES string of the molecule is CN=C(NCCn1c(C)nc2ccccc21)NC(C)C.I. The number of imidazole rings is 1. The molecule has 116 valence electrons. The first-order valence-electron chi connectivity index (χ1n) is 7.01. The lowest BCUT2D eigenvalue weighted by Gasteiger charge is -2.15. The molecule has 0 aliphatic carbocycles. The van der Waals surface area contributed by atoms with E-state index in [9.17, 15) is 0 Å². The second-order valence-corrected chi connectivity index (χ2v) is 5.10. The lowest BCUT2D eigenvalue weighted by Crippen LogP contribution is -2.42. The maximum Gasteiger partial charge on any atom is 0.191 e. The zero-order valence-corrected chi connectivity index (χ0v) is 15.4. The molecule has 0 atom stereocenters. The Hall–Kier alpha value is -1.31. The lowest BCUT2D eigenvalue weighted by atomic mass is 10.3. The molecular weight excluding hydrogens is 377 g/mol. The summed E-state index contributed by atoms with van der Waals surface area (Å²) in [5.41, 5.74) is 2.23. The Kier molecular flexibility index (Phi) is 6.94. The van der Waals surface area contributed by atoms with Gasteiger partial charge in [-0.15, -0.1) is 24.0 Å². The van der Waals surface area contributed by atoms with Gasteiger partial charge in [0, 0.05) is 26.2 Å².